The third-order valence-corrected chi connectivity index (χ3v) is 22.9. The number of benzene rings is 12. The first-order valence-electron chi connectivity index (χ1n) is 26.0. The predicted molar refractivity (Wildman–Crippen MR) is 321 cm³/mol. The number of hydrogen-bond donors (Lipinski definition) is 0. The first kappa shape index (κ1) is 45.5. The predicted octanol–water partition coefficient (Wildman–Crippen LogP) is 20.2. The molecule has 0 amide bonds. The molecule has 0 saturated heterocycles. The van der Waals surface area contributed by atoms with Crippen molar-refractivity contribution >= 4 is 63.7 Å². The molecule has 0 fully saturated rings. The van der Waals surface area contributed by atoms with Gasteiger partial charge in [-0.3, -0.25) is 0 Å². The minimum Gasteiger partial charge on any atom is -0.309 e. The fourth-order valence-electron chi connectivity index (χ4n) is 11.9. The highest BCUT2D eigenvalue weighted by Crippen LogP contribution is 2.75. The molecule has 0 N–H and O–H groups in total. The van der Waals surface area contributed by atoms with Gasteiger partial charge in [-0.15, -0.1) is 20.1 Å². The van der Waals surface area contributed by atoms with Crippen molar-refractivity contribution in [3.8, 4) is 22.5 Å². The van der Waals surface area contributed by atoms with Gasteiger partial charge in [-0.05, 0) is 157 Å². The summed E-state index contributed by atoms with van der Waals surface area (Å²) in [6, 6.07) is 117. The van der Waals surface area contributed by atoms with Gasteiger partial charge in [0.2, 0.25) is 0 Å². The molecule has 0 radical (unpaired) electrons. The Morgan fingerprint density at radius 1 is 0.184 bits per heavy atom. The zero-order valence-corrected chi connectivity index (χ0v) is 43.4. The summed E-state index contributed by atoms with van der Waals surface area (Å²) in [6.45, 7) is 0. The molecule has 0 aliphatic heterocycles. The summed E-state index contributed by atoms with van der Waals surface area (Å²) in [7, 11) is -3.76. The van der Waals surface area contributed by atoms with Gasteiger partial charge in [-0.25, -0.2) is 0 Å². The van der Waals surface area contributed by atoms with E-state index in [2.05, 4.69) is 325 Å². The van der Waals surface area contributed by atoms with Crippen LogP contribution in [0.1, 0.15) is 0 Å². The SMILES string of the molecule is c1ccc(S(c2ccccc2)(c2ccccc2)c2cccc(-n3c4ccccc4c4cc(-c5ccc6c(c5)c5ccccc5n6-c5cccc(S(c6ccccc6)(c6ccccc6)c6ccccc6)c5)ccc43)c2)cc1. The van der Waals surface area contributed by atoms with Crippen molar-refractivity contribution in [2.75, 3.05) is 0 Å². The fourth-order valence-corrected chi connectivity index (χ4v) is 19.7. The van der Waals surface area contributed by atoms with Gasteiger partial charge in [-0.1, -0.05) is 170 Å². The lowest BCUT2D eigenvalue weighted by Gasteiger charge is -2.42. The van der Waals surface area contributed by atoms with Crippen molar-refractivity contribution in [2.24, 2.45) is 0 Å². The van der Waals surface area contributed by atoms with Crippen LogP contribution < -0.4 is 0 Å². The second-order valence-corrected chi connectivity index (χ2v) is 25.5. The molecule has 2 nitrogen and oxygen atoms in total. The van der Waals surface area contributed by atoms with E-state index in [0.29, 0.717) is 0 Å². The molecule has 0 saturated carbocycles. The molecule has 0 atom stereocenters. The van der Waals surface area contributed by atoms with Crippen LogP contribution in [0.5, 0.6) is 0 Å². The van der Waals surface area contributed by atoms with Crippen LogP contribution in [0, 0.1) is 0 Å². The number of rotatable bonds is 11. The van der Waals surface area contributed by atoms with Gasteiger partial charge in [0, 0.05) is 72.1 Å². The van der Waals surface area contributed by atoms with Crippen molar-refractivity contribution in [1.82, 2.24) is 9.13 Å². The Balaban J connectivity index is 0.912. The smallest absolute Gasteiger partial charge is 0.0541 e. The standard InChI is InChI=1S/C72H52N2S2/c1-7-27-57(28-8-1)75(58-29-9-2-10-30-58,59-31-11-3-12-32-59)63-39-23-25-55(51-63)73-69-43-21-19-41-65(69)67-49-53(45-47-71(67)73)54-46-48-72-68(50-54)66-42-20-22-44-70(66)74(72)56-26-24-40-64(52-56)76(60-33-13-4-14-34-60,61-35-15-5-16-36-61)62-37-17-6-18-38-62/h1-52H. The average molecular weight is 1010 g/mol. The number of nitrogens with zero attached hydrogens (tertiary/aromatic N) is 2. The molecule has 2 aromatic heterocycles. The van der Waals surface area contributed by atoms with Gasteiger partial charge in [-0.2, -0.15) is 0 Å². The van der Waals surface area contributed by atoms with Crippen LogP contribution in [0.3, 0.4) is 0 Å². The van der Waals surface area contributed by atoms with Crippen LogP contribution in [0.4, 0.5) is 0 Å². The summed E-state index contributed by atoms with van der Waals surface area (Å²) < 4.78 is 4.94. The monoisotopic (exact) mass is 1010 g/mol. The van der Waals surface area contributed by atoms with E-state index >= 15 is 0 Å². The molecule has 0 aliphatic carbocycles. The van der Waals surface area contributed by atoms with Crippen LogP contribution in [0.25, 0.3) is 66.1 Å². The van der Waals surface area contributed by atoms with E-state index < -0.39 is 20.1 Å². The van der Waals surface area contributed by atoms with Gasteiger partial charge in [0.05, 0.1) is 22.1 Å². The molecule has 4 heteroatoms. The number of fused-ring (bicyclic) bond motifs is 6. The van der Waals surface area contributed by atoms with Gasteiger partial charge < -0.3 is 9.13 Å². The summed E-state index contributed by atoms with van der Waals surface area (Å²) in [5, 5.41) is 4.92. The van der Waals surface area contributed by atoms with Crippen LogP contribution in [0.2, 0.25) is 0 Å². The van der Waals surface area contributed by atoms with Crippen LogP contribution in [-0.4, -0.2) is 9.13 Å². The Bertz CT molecular complexity index is 3900. The summed E-state index contributed by atoms with van der Waals surface area (Å²) in [5.74, 6) is 0. The summed E-state index contributed by atoms with van der Waals surface area (Å²) in [4.78, 5) is 10.4. The van der Waals surface area contributed by atoms with Crippen LogP contribution >= 0.6 is 20.1 Å². The van der Waals surface area contributed by atoms with E-state index in [1.165, 1.54) is 93.9 Å². The molecular formula is C72H52N2S2. The zero-order chi connectivity index (χ0) is 50.5. The lowest BCUT2D eigenvalue weighted by molar-refractivity contribution is 1.15. The molecule has 0 unspecified atom stereocenters. The molecule has 14 aromatic rings. The third-order valence-electron chi connectivity index (χ3n) is 15.1. The second-order valence-electron chi connectivity index (χ2n) is 19.3. The van der Waals surface area contributed by atoms with Crippen molar-refractivity contribution in [1.29, 1.82) is 0 Å². The van der Waals surface area contributed by atoms with Gasteiger partial charge in [0.15, 0.2) is 0 Å². The zero-order valence-electron chi connectivity index (χ0n) is 41.7. The molecule has 14 rings (SSSR count). The van der Waals surface area contributed by atoms with E-state index in [0.717, 1.165) is 11.4 Å². The molecule has 12 aromatic carbocycles. The molecule has 0 bridgehead atoms. The first-order valence-corrected chi connectivity index (χ1v) is 29.2. The third kappa shape index (κ3) is 7.28. The molecule has 0 spiro atoms. The topological polar surface area (TPSA) is 9.86 Å². The number of aromatic nitrogens is 2. The van der Waals surface area contributed by atoms with Crippen molar-refractivity contribution < 1.29 is 0 Å². The van der Waals surface area contributed by atoms with Crippen LogP contribution in [-0.2, 0) is 0 Å². The molecule has 0 aliphatic rings. The molecular weight excluding hydrogens is 957 g/mol. The maximum absolute atomic E-state index is 2.47. The lowest BCUT2D eigenvalue weighted by atomic mass is 10.0. The van der Waals surface area contributed by atoms with Crippen molar-refractivity contribution in [3.05, 3.63) is 315 Å². The molecule has 2 heterocycles. The number of para-hydroxylation sites is 2. The molecule has 76 heavy (non-hydrogen) atoms. The Labute approximate surface area is 447 Å². The van der Waals surface area contributed by atoms with Crippen LogP contribution in [0.15, 0.2) is 355 Å². The Morgan fingerprint density at radius 2 is 0.447 bits per heavy atom. The highest BCUT2D eigenvalue weighted by atomic mass is 32.3. The van der Waals surface area contributed by atoms with Gasteiger partial charge in [0.1, 0.15) is 0 Å². The Hall–Kier alpha value is -9.06. The minimum atomic E-state index is -1.88. The van der Waals surface area contributed by atoms with E-state index in [9.17, 15) is 0 Å². The largest absolute Gasteiger partial charge is 0.309 e. The fraction of sp³-hybridized carbons (Fsp3) is 0. The minimum absolute atomic E-state index is 1.14. The molecule has 362 valence electrons. The summed E-state index contributed by atoms with van der Waals surface area (Å²) >= 11 is 0. The number of hydrogen-bond acceptors (Lipinski definition) is 0. The van der Waals surface area contributed by atoms with E-state index in [1.807, 2.05) is 0 Å². The summed E-state index contributed by atoms with van der Waals surface area (Å²) in [6.07, 6.45) is 0. The van der Waals surface area contributed by atoms with Gasteiger partial charge in [0.25, 0.3) is 0 Å². The first-order chi connectivity index (χ1) is 37.7. The maximum atomic E-state index is 2.47. The van der Waals surface area contributed by atoms with Crippen molar-refractivity contribution in [3.63, 3.8) is 0 Å². The maximum Gasteiger partial charge on any atom is 0.0541 e. The quantitative estimate of drug-likeness (QED) is 0.122. The highest BCUT2D eigenvalue weighted by Gasteiger charge is 2.35. The Kier molecular flexibility index (Phi) is 11.4. The van der Waals surface area contributed by atoms with E-state index in [4.69, 9.17) is 0 Å². The summed E-state index contributed by atoms with van der Waals surface area (Å²) in [5.41, 5.74) is 9.39. The van der Waals surface area contributed by atoms with E-state index in [1.54, 1.807) is 0 Å². The average Bonchev–Trinajstić information content (AvgIpc) is 4.10. The van der Waals surface area contributed by atoms with Gasteiger partial charge >= 0.3 is 0 Å². The van der Waals surface area contributed by atoms with Crippen molar-refractivity contribution in [2.45, 2.75) is 39.2 Å². The normalized spacial score (nSPS) is 12.4. The lowest BCUT2D eigenvalue weighted by Crippen LogP contribution is -2.06. The second kappa shape index (κ2) is 19.0. The Morgan fingerprint density at radius 3 is 0.763 bits per heavy atom. The highest BCUT2D eigenvalue weighted by molar-refractivity contribution is 8.34. The van der Waals surface area contributed by atoms with E-state index in [-0.39, 0.29) is 0 Å².